The van der Waals surface area contributed by atoms with E-state index in [9.17, 15) is 19.5 Å². The summed E-state index contributed by atoms with van der Waals surface area (Å²) in [4.78, 5) is 36.6. The average molecular weight is 402 g/mol. The molecular formula is C22H30N2O5. The van der Waals surface area contributed by atoms with Gasteiger partial charge in [0.25, 0.3) is 0 Å². The van der Waals surface area contributed by atoms with Crippen molar-refractivity contribution in [2.24, 2.45) is 5.92 Å². The van der Waals surface area contributed by atoms with Crippen molar-refractivity contribution >= 4 is 17.8 Å². The number of ether oxygens (including phenoxy) is 1. The molecule has 0 spiro atoms. The lowest BCUT2D eigenvalue weighted by atomic mass is 9.98. The van der Waals surface area contributed by atoms with Crippen LogP contribution in [0.4, 0.5) is 0 Å². The zero-order chi connectivity index (χ0) is 21.1. The molecule has 3 atom stereocenters. The largest absolute Gasteiger partial charge is 0.461 e. The summed E-state index contributed by atoms with van der Waals surface area (Å²) < 4.78 is 5.22. The Labute approximate surface area is 171 Å². The lowest BCUT2D eigenvalue weighted by molar-refractivity contribution is -0.148. The van der Waals surface area contributed by atoms with Crippen molar-refractivity contribution < 1.29 is 24.2 Å². The predicted octanol–water partition coefficient (Wildman–Crippen LogP) is 1.50. The van der Waals surface area contributed by atoms with E-state index in [-0.39, 0.29) is 43.8 Å². The molecule has 7 heteroatoms. The molecule has 0 unspecified atom stereocenters. The number of aliphatic hydroxyl groups excluding tert-OH is 1. The molecule has 0 saturated heterocycles. The molecule has 0 fully saturated rings. The third-order valence-electron chi connectivity index (χ3n) is 4.71. The summed E-state index contributed by atoms with van der Waals surface area (Å²) >= 11 is 0. The van der Waals surface area contributed by atoms with Crippen LogP contribution < -0.4 is 10.6 Å². The minimum Gasteiger partial charge on any atom is -0.461 e. The molecule has 0 aliphatic carbocycles. The van der Waals surface area contributed by atoms with E-state index in [0.717, 1.165) is 5.56 Å². The maximum absolute atomic E-state index is 12.5. The molecule has 1 aliphatic heterocycles. The predicted molar refractivity (Wildman–Crippen MR) is 109 cm³/mol. The van der Waals surface area contributed by atoms with Gasteiger partial charge in [0, 0.05) is 12.8 Å². The van der Waals surface area contributed by atoms with Gasteiger partial charge in [-0.3, -0.25) is 14.4 Å². The van der Waals surface area contributed by atoms with E-state index >= 15 is 0 Å². The number of allylic oxidation sites excluding steroid dienone is 2. The number of hydrogen-bond donors (Lipinski definition) is 3. The van der Waals surface area contributed by atoms with Gasteiger partial charge in [-0.25, -0.2) is 0 Å². The van der Waals surface area contributed by atoms with Crippen molar-refractivity contribution in [3.05, 3.63) is 48.0 Å². The first kappa shape index (κ1) is 22.6. The van der Waals surface area contributed by atoms with E-state index in [1.807, 2.05) is 42.5 Å². The number of rotatable bonds is 6. The third-order valence-corrected chi connectivity index (χ3v) is 4.71. The highest BCUT2D eigenvalue weighted by Crippen LogP contribution is 2.13. The van der Waals surface area contributed by atoms with Crippen LogP contribution in [-0.2, 0) is 25.5 Å². The molecule has 29 heavy (non-hydrogen) atoms. The van der Waals surface area contributed by atoms with Crippen molar-refractivity contribution in [1.29, 1.82) is 0 Å². The number of benzene rings is 1. The second-order valence-electron chi connectivity index (χ2n) is 7.33. The van der Waals surface area contributed by atoms with Crippen LogP contribution in [0.25, 0.3) is 0 Å². The third kappa shape index (κ3) is 8.48. The lowest BCUT2D eigenvalue weighted by Crippen LogP contribution is -2.42. The van der Waals surface area contributed by atoms with Gasteiger partial charge in [-0.05, 0) is 31.7 Å². The first-order valence-corrected chi connectivity index (χ1v) is 10.0. The fraction of sp³-hybridized carbons (Fsp3) is 0.500. The number of carbonyl (C=O) groups is 3. The summed E-state index contributed by atoms with van der Waals surface area (Å²) in [7, 11) is 0. The molecule has 0 aromatic heterocycles. The quantitative estimate of drug-likeness (QED) is 0.494. The summed E-state index contributed by atoms with van der Waals surface area (Å²) in [5.41, 5.74) is 1.02. The molecule has 0 saturated carbocycles. The average Bonchev–Trinajstić information content (AvgIpc) is 2.70. The van der Waals surface area contributed by atoms with Gasteiger partial charge < -0.3 is 20.5 Å². The van der Waals surface area contributed by atoms with E-state index < -0.39 is 18.1 Å². The summed E-state index contributed by atoms with van der Waals surface area (Å²) in [5.74, 6) is -1.34. The molecule has 2 rings (SSSR count). The van der Waals surface area contributed by atoms with Gasteiger partial charge in [0.15, 0.2) is 0 Å². The standard InChI is InChI=1S/C22H30N2O5/c1-16-14-23-22(28)18(10-6-3-7-11-21(27)29-16)13-20(26)24-19(15-25)12-17-8-4-2-5-9-17/h2-6,8-9,16,18-19,25H,7,10-15H2,1H3,(H,23,28)(H,24,26)/t16-,18+,19-/m0/s1. The molecule has 3 N–H and O–H groups in total. The normalized spacial score (nSPS) is 21.9. The van der Waals surface area contributed by atoms with Crippen molar-refractivity contribution in [2.45, 2.75) is 51.2 Å². The fourth-order valence-electron chi connectivity index (χ4n) is 3.15. The topological polar surface area (TPSA) is 105 Å². The molecule has 2 amide bonds. The number of nitrogens with one attached hydrogen (secondary N) is 2. The Hall–Kier alpha value is -2.67. The highest BCUT2D eigenvalue weighted by Gasteiger charge is 2.23. The van der Waals surface area contributed by atoms with Crippen LogP contribution in [0.3, 0.4) is 0 Å². The Balaban J connectivity index is 1.94. The van der Waals surface area contributed by atoms with Crippen LogP contribution in [0.2, 0.25) is 0 Å². The molecule has 0 radical (unpaired) electrons. The maximum Gasteiger partial charge on any atom is 0.306 e. The van der Waals surface area contributed by atoms with Crippen molar-refractivity contribution in [3.63, 3.8) is 0 Å². The van der Waals surface area contributed by atoms with Crippen molar-refractivity contribution in [3.8, 4) is 0 Å². The Bertz CT molecular complexity index is 704. The maximum atomic E-state index is 12.5. The van der Waals surface area contributed by atoms with E-state index in [2.05, 4.69) is 10.6 Å². The minimum atomic E-state index is -0.523. The number of amides is 2. The fourth-order valence-corrected chi connectivity index (χ4v) is 3.15. The molecule has 0 bridgehead atoms. The van der Waals surface area contributed by atoms with Gasteiger partial charge in [-0.2, -0.15) is 0 Å². The van der Waals surface area contributed by atoms with Crippen LogP contribution in [0.1, 0.15) is 38.2 Å². The lowest BCUT2D eigenvalue weighted by Gasteiger charge is -2.21. The SMILES string of the molecule is C[C@H]1CNC(=O)[C@@H](CC(=O)N[C@H](CO)Cc2ccccc2)CC=CCCC(=O)O1. The second-order valence-corrected chi connectivity index (χ2v) is 7.33. The summed E-state index contributed by atoms with van der Waals surface area (Å²) in [6.45, 7) is 1.75. The van der Waals surface area contributed by atoms with Crippen LogP contribution >= 0.6 is 0 Å². The van der Waals surface area contributed by atoms with Crippen LogP contribution in [0, 0.1) is 5.92 Å². The number of aliphatic hydroxyl groups is 1. The Morgan fingerprint density at radius 1 is 1.28 bits per heavy atom. The molecule has 1 aliphatic rings. The Kier molecular flexibility index (Phi) is 9.37. The van der Waals surface area contributed by atoms with Crippen molar-refractivity contribution in [2.75, 3.05) is 13.2 Å². The van der Waals surface area contributed by atoms with Crippen molar-refractivity contribution in [1.82, 2.24) is 10.6 Å². The van der Waals surface area contributed by atoms with Gasteiger partial charge in [0.05, 0.1) is 25.1 Å². The second kappa shape index (κ2) is 12.0. The van der Waals surface area contributed by atoms with Crippen LogP contribution in [-0.4, -0.2) is 48.2 Å². The molecule has 1 aromatic rings. The number of esters is 1. The van der Waals surface area contributed by atoms with E-state index in [1.54, 1.807) is 6.92 Å². The molecule has 1 heterocycles. The minimum absolute atomic E-state index is 0.0234. The first-order chi connectivity index (χ1) is 14.0. The highest BCUT2D eigenvalue weighted by atomic mass is 16.5. The summed E-state index contributed by atoms with van der Waals surface area (Å²) in [5, 5.41) is 15.2. The van der Waals surface area contributed by atoms with Crippen LogP contribution in [0.15, 0.2) is 42.5 Å². The number of cyclic esters (lactones) is 1. The number of carbonyl (C=O) groups excluding carboxylic acids is 3. The van der Waals surface area contributed by atoms with Crippen LogP contribution in [0.5, 0.6) is 0 Å². The highest BCUT2D eigenvalue weighted by molar-refractivity contribution is 5.86. The summed E-state index contributed by atoms with van der Waals surface area (Å²) in [6, 6.07) is 9.20. The van der Waals surface area contributed by atoms with Gasteiger partial charge in [0.2, 0.25) is 11.8 Å². The zero-order valence-corrected chi connectivity index (χ0v) is 16.8. The van der Waals surface area contributed by atoms with E-state index in [1.165, 1.54) is 0 Å². The monoisotopic (exact) mass is 402 g/mol. The first-order valence-electron chi connectivity index (χ1n) is 10.0. The van der Waals surface area contributed by atoms with Gasteiger partial charge in [-0.15, -0.1) is 0 Å². The Morgan fingerprint density at radius 2 is 2.03 bits per heavy atom. The number of hydrogen-bond acceptors (Lipinski definition) is 5. The van der Waals surface area contributed by atoms with Gasteiger partial charge >= 0.3 is 5.97 Å². The summed E-state index contributed by atoms with van der Waals surface area (Å²) in [6.07, 6.45) is 5.01. The molecular weight excluding hydrogens is 372 g/mol. The van der Waals surface area contributed by atoms with Gasteiger partial charge in [-0.1, -0.05) is 42.5 Å². The molecule has 158 valence electrons. The van der Waals surface area contributed by atoms with Gasteiger partial charge in [0.1, 0.15) is 6.10 Å². The molecule has 7 nitrogen and oxygen atoms in total. The zero-order valence-electron chi connectivity index (χ0n) is 16.8. The van der Waals surface area contributed by atoms with E-state index in [0.29, 0.717) is 19.3 Å². The van der Waals surface area contributed by atoms with E-state index in [4.69, 9.17) is 4.74 Å². The molecule has 1 aromatic carbocycles. The Morgan fingerprint density at radius 3 is 2.76 bits per heavy atom. The smallest absolute Gasteiger partial charge is 0.306 e.